The van der Waals surface area contributed by atoms with Gasteiger partial charge in [-0.3, -0.25) is 0 Å². The van der Waals surface area contributed by atoms with Crippen molar-refractivity contribution >= 4 is 114 Å². The van der Waals surface area contributed by atoms with E-state index in [0.29, 0.717) is 0 Å². The van der Waals surface area contributed by atoms with Crippen LogP contribution in [-0.2, 0) is 0 Å². The SMILES string of the molecule is Br[B-](Br)(Br)Br.[Cl][Ga-]([Cl])([Cl])[Cl]. The molecular formula is BBr4Cl4Ga-2. The van der Waals surface area contributed by atoms with Gasteiger partial charge in [0.2, 0.25) is 1.44 Å². The van der Waals surface area contributed by atoms with Crippen LogP contribution in [0.25, 0.3) is 0 Å². The van der Waals surface area contributed by atoms with Crippen LogP contribution >= 0.6 is 102 Å². The molecule has 0 N–H and O–H groups in total. The first-order chi connectivity index (χ1) is 4.00. The standard InChI is InChI=1S/BBr4.4ClH.Ga/c2-1(3,4)5;;;;;/h;4*1H;/q-1;;;;;+3/p-4. The monoisotopic (exact) mass is 535 g/mol. The quantitative estimate of drug-likeness (QED) is 0.361. The van der Waals surface area contributed by atoms with E-state index >= 15 is 0 Å². The van der Waals surface area contributed by atoms with Gasteiger partial charge in [-0.1, -0.05) is 0 Å². The molecule has 0 aromatic heterocycles. The molecule has 0 bridgehead atoms. The van der Waals surface area contributed by atoms with Gasteiger partial charge in [0.25, 0.3) is 0 Å². The molecule has 0 aromatic rings. The van der Waals surface area contributed by atoms with Crippen molar-refractivity contribution in [2.75, 3.05) is 0 Å². The Labute approximate surface area is 112 Å². The van der Waals surface area contributed by atoms with E-state index in [9.17, 15) is 0 Å². The molecular weight excluding hydrogens is 542 g/mol. The van der Waals surface area contributed by atoms with Gasteiger partial charge >= 0.3 is 49.6 Å². The fourth-order valence-corrected chi connectivity index (χ4v) is 0. The second-order valence-electron chi connectivity index (χ2n) is 0.990. The fraction of sp³-hybridized carbons (Fsp3) is 0. The summed E-state index contributed by atoms with van der Waals surface area (Å²) >= 11 is 9.51. The van der Waals surface area contributed by atoms with E-state index < -0.39 is 12.5 Å². The van der Waals surface area contributed by atoms with Crippen LogP contribution in [-0.4, -0.2) is 12.5 Å². The van der Waals surface area contributed by atoms with Crippen LogP contribution in [0.4, 0.5) is 0 Å². The minimum atomic E-state index is -3.24. The maximum atomic E-state index is 5.03. The molecule has 0 aliphatic carbocycles. The van der Waals surface area contributed by atoms with E-state index in [-0.39, 0.29) is 0 Å². The van der Waals surface area contributed by atoms with Gasteiger partial charge in [-0.25, -0.2) is 0 Å². The molecule has 0 nitrogen and oxygen atoms in total. The first-order valence-corrected chi connectivity index (χ1v) is 18.1. The molecule has 10 heteroatoms. The Balaban J connectivity index is 0. The number of hydrogen-bond acceptors (Lipinski definition) is 0. The summed E-state index contributed by atoms with van der Waals surface area (Å²) in [6, 6.07) is 0. The van der Waals surface area contributed by atoms with E-state index in [2.05, 4.69) is 63.0 Å². The third-order valence-corrected chi connectivity index (χ3v) is 0. The van der Waals surface area contributed by atoms with Crippen LogP contribution in [0.5, 0.6) is 0 Å². The molecule has 0 rings (SSSR count). The van der Waals surface area contributed by atoms with Gasteiger partial charge < -0.3 is 63.0 Å². The van der Waals surface area contributed by atoms with Gasteiger partial charge in [0.15, 0.2) is 0 Å². The van der Waals surface area contributed by atoms with E-state index in [1.807, 2.05) is 0 Å². The van der Waals surface area contributed by atoms with E-state index in [1.165, 1.54) is 0 Å². The summed E-state index contributed by atoms with van der Waals surface area (Å²) in [5, 5.41) is 0. The molecule has 0 aliphatic rings. The molecule has 0 saturated carbocycles. The zero-order chi connectivity index (χ0) is 9.00. The van der Waals surface area contributed by atoms with Gasteiger partial charge in [0.1, 0.15) is 0 Å². The van der Waals surface area contributed by atoms with Crippen LogP contribution < -0.4 is 0 Å². The Hall–Kier alpha value is 3.78. The minimum absolute atomic E-state index is 0.750. The van der Waals surface area contributed by atoms with Crippen molar-refractivity contribution in [1.29, 1.82) is 0 Å². The normalized spacial score (nSPS) is 12.0. The second-order valence-corrected chi connectivity index (χ2v) is 36.5. The average Bonchev–Trinajstić information content (AvgIpc) is 1.12. The van der Waals surface area contributed by atoms with Crippen LogP contribution in [0.3, 0.4) is 0 Å². The average molecular weight is 542 g/mol. The van der Waals surface area contributed by atoms with Crippen LogP contribution in [0.1, 0.15) is 0 Å². The van der Waals surface area contributed by atoms with Gasteiger partial charge in [-0.15, -0.1) is 0 Å². The Morgan fingerprint density at radius 2 is 0.800 bits per heavy atom. The molecule has 0 spiro atoms. The summed E-state index contributed by atoms with van der Waals surface area (Å²) in [5.41, 5.74) is 0. The summed E-state index contributed by atoms with van der Waals surface area (Å²) in [6.45, 7) is 0. The summed E-state index contributed by atoms with van der Waals surface area (Å²) in [5.74, 6) is 0. The van der Waals surface area contributed by atoms with Crippen molar-refractivity contribution in [3.8, 4) is 0 Å². The number of rotatable bonds is 0. The van der Waals surface area contributed by atoms with Crippen molar-refractivity contribution in [1.82, 2.24) is 0 Å². The molecule has 0 unspecified atom stereocenters. The predicted molar refractivity (Wildman–Crippen MR) is 70.6 cm³/mol. The molecule has 0 aromatic carbocycles. The molecule has 0 amide bonds. The molecule has 0 heterocycles. The molecule has 0 atom stereocenters. The molecule has 0 radical (unpaired) electrons. The van der Waals surface area contributed by atoms with Gasteiger partial charge in [-0.05, 0) is 0 Å². The summed E-state index contributed by atoms with van der Waals surface area (Å²) in [6.07, 6.45) is 0. The summed E-state index contributed by atoms with van der Waals surface area (Å²) in [7, 11) is 20.1. The maximum absolute atomic E-state index is 5.03. The van der Waals surface area contributed by atoms with Gasteiger partial charge in [0.05, 0.1) is 0 Å². The van der Waals surface area contributed by atoms with E-state index in [0.717, 1.165) is 0 Å². The predicted octanol–water partition coefficient (Wildman–Crippen LogP) is 5.38. The fourth-order valence-electron chi connectivity index (χ4n) is 0. The van der Waals surface area contributed by atoms with Crippen LogP contribution in [0, 0.1) is 0 Å². The van der Waals surface area contributed by atoms with Crippen molar-refractivity contribution in [2.45, 2.75) is 0 Å². The van der Waals surface area contributed by atoms with Gasteiger partial charge in [0, 0.05) is 0 Å². The molecule has 64 valence electrons. The van der Waals surface area contributed by atoms with E-state index in [4.69, 9.17) is 38.6 Å². The Bertz CT molecular complexity index is 60.2. The zero-order valence-electron chi connectivity index (χ0n) is 4.18. The van der Waals surface area contributed by atoms with Crippen molar-refractivity contribution in [3.63, 3.8) is 0 Å². The first-order valence-electron chi connectivity index (χ1n) is 1.75. The Morgan fingerprint density at radius 1 is 0.800 bits per heavy atom. The van der Waals surface area contributed by atoms with E-state index in [1.54, 1.807) is 0 Å². The van der Waals surface area contributed by atoms with Crippen LogP contribution in [0.15, 0.2) is 0 Å². The molecule has 0 saturated heterocycles. The molecule has 0 fully saturated rings. The van der Waals surface area contributed by atoms with Gasteiger partial charge in [-0.2, -0.15) is 0 Å². The Morgan fingerprint density at radius 3 is 0.800 bits per heavy atom. The van der Waals surface area contributed by atoms with Crippen LogP contribution in [0.2, 0.25) is 0 Å². The third-order valence-electron chi connectivity index (χ3n) is 0. The Kier molecular flexibility index (Phi) is 11.6. The van der Waals surface area contributed by atoms with Crippen molar-refractivity contribution < 1.29 is 0 Å². The molecule has 10 heavy (non-hydrogen) atoms. The summed E-state index contributed by atoms with van der Waals surface area (Å²) in [4.78, 5) is 0. The molecule has 0 aliphatic heterocycles. The third kappa shape index (κ3) is 95.8. The number of halogens is 8. The zero-order valence-corrected chi connectivity index (χ0v) is 16.0. The van der Waals surface area contributed by atoms with Crippen molar-refractivity contribution in [3.05, 3.63) is 0 Å². The first kappa shape index (κ1) is 16.2. The second kappa shape index (κ2) is 7.12. The topological polar surface area (TPSA) is 0 Å². The summed E-state index contributed by atoms with van der Waals surface area (Å²) < 4.78 is -0.750. The van der Waals surface area contributed by atoms with Crippen molar-refractivity contribution in [2.24, 2.45) is 0 Å². The number of hydrogen-bond donors (Lipinski definition) is 0.